The Labute approximate surface area is 54.7 Å². The number of unbranched alkanes of at least 4 members (excludes halogenated alkanes) is 1. The van der Waals surface area contributed by atoms with Crippen molar-refractivity contribution in [3.63, 3.8) is 0 Å². The van der Waals surface area contributed by atoms with Crippen LogP contribution in [0.5, 0.6) is 0 Å². The van der Waals surface area contributed by atoms with Crippen molar-refractivity contribution >= 4 is 8.81 Å². The minimum atomic E-state index is 0.640. The number of rotatable bonds is 2. The van der Waals surface area contributed by atoms with E-state index in [4.69, 9.17) is 0 Å². The molecule has 0 heterocycles. The van der Waals surface area contributed by atoms with Gasteiger partial charge in [-0.2, -0.15) is 0 Å². The van der Waals surface area contributed by atoms with Crippen molar-refractivity contribution in [2.45, 2.75) is 26.7 Å². The highest BCUT2D eigenvalue weighted by molar-refractivity contribution is 7.31. The summed E-state index contributed by atoms with van der Waals surface area (Å²) in [5, 5.41) is 0. The summed E-state index contributed by atoms with van der Waals surface area (Å²) >= 11 is 0. The van der Waals surface area contributed by atoms with Crippen LogP contribution in [-0.4, -0.2) is 13.8 Å². The summed E-state index contributed by atoms with van der Waals surface area (Å²) in [4.78, 5) is 0. The van der Waals surface area contributed by atoms with Crippen molar-refractivity contribution in [1.29, 1.82) is 0 Å². The van der Waals surface area contributed by atoms with Gasteiger partial charge in [-0.15, -0.1) is 0 Å². The van der Waals surface area contributed by atoms with Gasteiger partial charge in [-0.1, -0.05) is 26.7 Å². The fourth-order valence-corrected chi connectivity index (χ4v) is 0. The lowest BCUT2D eigenvalue weighted by Gasteiger charge is -1.76. The molecule has 1 atom stereocenters. The monoisotopic (exact) mass is 136 g/mol. The summed E-state index contributed by atoms with van der Waals surface area (Å²) in [5.41, 5.74) is 0. The van der Waals surface area contributed by atoms with E-state index >= 15 is 0 Å². The van der Waals surface area contributed by atoms with E-state index in [0.717, 1.165) is 0 Å². The van der Waals surface area contributed by atoms with Crippen LogP contribution >= 0.6 is 8.81 Å². The summed E-state index contributed by atoms with van der Waals surface area (Å²) in [7, 11) is 2.33. The highest BCUT2D eigenvalue weighted by atomic mass is 31.1. The van der Waals surface area contributed by atoms with Crippen LogP contribution < -0.4 is 0 Å². The first-order valence-electron chi connectivity index (χ1n) is 3.03. The van der Waals surface area contributed by atoms with Gasteiger partial charge in [-0.05, 0) is 6.66 Å². The molecule has 0 aliphatic carbocycles. The Morgan fingerprint density at radius 3 is 1.50 bits per heavy atom. The lowest BCUT2D eigenvalue weighted by molar-refractivity contribution is 0.479. The third-order valence-corrected chi connectivity index (χ3v) is 1.11. The zero-order valence-corrected chi connectivity index (χ0v) is 7.32. The second-order valence-electron chi connectivity index (χ2n) is 1.41. The maximum absolute atomic E-state index is 4.57. The lowest BCUT2D eigenvalue weighted by atomic mass is 10.4. The Hall–Kier alpha value is 0.390. The zero-order valence-electron chi connectivity index (χ0n) is 6.32. The summed E-state index contributed by atoms with van der Waals surface area (Å²) in [5.74, 6) is 0. The maximum Gasteiger partial charge on any atom is 0.0394 e. The Morgan fingerprint density at radius 1 is 1.25 bits per heavy atom. The van der Waals surface area contributed by atoms with Crippen molar-refractivity contribution in [2.24, 2.45) is 0 Å². The molecule has 0 fully saturated rings. The van der Waals surface area contributed by atoms with Gasteiger partial charge in [-0.3, -0.25) is 0 Å². The van der Waals surface area contributed by atoms with Crippen LogP contribution in [0.3, 0.4) is 0 Å². The van der Waals surface area contributed by atoms with Gasteiger partial charge in [0.1, 0.15) is 0 Å². The van der Waals surface area contributed by atoms with Crippen molar-refractivity contribution < 1.29 is 4.52 Å². The fourth-order valence-electron chi connectivity index (χ4n) is 0. The second-order valence-corrected chi connectivity index (χ2v) is 2.22. The van der Waals surface area contributed by atoms with Gasteiger partial charge in [0, 0.05) is 15.9 Å². The molecule has 0 spiro atoms. The molecular formula is C6H17OP. The number of hydrogen-bond donors (Lipinski definition) is 0. The molecule has 0 aliphatic heterocycles. The molecular weight excluding hydrogens is 119 g/mol. The molecule has 0 aromatic carbocycles. The Bertz CT molecular complexity index is 16.5. The standard InChI is InChI=1S/C4H10.C2H7OP/c2*1-3-4-2/h3-4H2,1-2H3;4H,1-2H3. The molecule has 0 aromatic rings. The maximum atomic E-state index is 4.57. The molecule has 1 nitrogen and oxygen atoms in total. The van der Waals surface area contributed by atoms with Gasteiger partial charge in [0.25, 0.3) is 0 Å². The van der Waals surface area contributed by atoms with Gasteiger partial charge < -0.3 is 4.52 Å². The molecule has 2 heteroatoms. The van der Waals surface area contributed by atoms with Gasteiger partial charge in [-0.25, -0.2) is 0 Å². The SMILES string of the molecule is CCCC.COPC. The predicted octanol–water partition coefficient (Wildman–Crippen LogP) is 2.66. The largest absolute Gasteiger partial charge is 0.366 e. The fraction of sp³-hybridized carbons (Fsp3) is 1.00. The predicted molar refractivity (Wildman–Crippen MR) is 41.8 cm³/mol. The van der Waals surface area contributed by atoms with Crippen molar-refractivity contribution in [3.05, 3.63) is 0 Å². The van der Waals surface area contributed by atoms with E-state index < -0.39 is 0 Å². The average Bonchev–Trinajstić information content (AvgIpc) is 1.88. The van der Waals surface area contributed by atoms with Gasteiger partial charge in [0.15, 0.2) is 0 Å². The third-order valence-electron chi connectivity index (χ3n) is 0.704. The van der Waals surface area contributed by atoms with Gasteiger partial charge in [0.05, 0.1) is 0 Å². The molecule has 0 aliphatic rings. The van der Waals surface area contributed by atoms with Crippen LogP contribution in [0.15, 0.2) is 0 Å². The summed E-state index contributed by atoms with van der Waals surface area (Å²) in [6.07, 6.45) is 2.64. The molecule has 0 radical (unpaired) electrons. The highest BCUT2D eigenvalue weighted by Gasteiger charge is 1.56. The van der Waals surface area contributed by atoms with Crippen LogP contribution in [0.1, 0.15) is 26.7 Å². The molecule has 0 N–H and O–H groups in total. The quantitative estimate of drug-likeness (QED) is 0.530. The molecule has 0 amide bonds. The van der Waals surface area contributed by atoms with Gasteiger partial charge in [0.2, 0.25) is 0 Å². The first-order valence-corrected chi connectivity index (χ1v) is 4.43. The molecule has 0 saturated carbocycles. The summed E-state index contributed by atoms with van der Waals surface area (Å²) in [6, 6.07) is 0. The zero-order chi connectivity index (χ0) is 6.83. The first kappa shape index (κ1) is 11.2. The van der Waals surface area contributed by atoms with Crippen molar-refractivity contribution in [3.8, 4) is 0 Å². The van der Waals surface area contributed by atoms with E-state index in [1.165, 1.54) is 12.8 Å². The van der Waals surface area contributed by atoms with Crippen LogP contribution in [0.25, 0.3) is 0 Å². The Morgan fingerprint density at radius 2 is 1.50 bits per heavy atom. The molecule has 0 bridgehead atoms. The third kappa shape index (κ3) is 32.5. The summed E-state index contributed by atoms with van der Waals surface area (Å²) in [6.45, 7) is 6.35. The molecule has 52 valence electrons. The molecule has 1 unspecified atom stereocenters. The molecule has 0 aromatic heterocycles. The van der Waals surface area contributed by atoms with E-state index in [2.05, 4.69) is 18.4 Å². The summed E-state index contributed by atoms with van der Waals surface area (Å²) < 4.78 is 4.57. The van der Waals surface area contributed by atoms with E-state index in [0.29, 0.717) is 8.81 Å². The normalized spacial score (nSPS) is 9.00. The Kier molecular flexibility index (Phi) is 22.0. The highest BCUT2D eigenvalue weighted by Crippen LogP contribution is 1.96. The smallest absolute Gasteiger partial charge is 0.0394 e. The van der Waals surface area contributed by atoms with Crippen LogP contribution in [-0.2, 0) is 4.52 Å². The van der Waals surface area contributed by atoms with E-state index in [1.807, 2.05) is 6.66 Å². The topological polar surface area (TPSA) is 9.23 Å². The van der Waals surface area contributed by atoms with Gasteiger partial charge >= 0.3 is 0 Å². The minimum absolute atomic E-state index is 0.640. The molecule has 0 rings (SSSR count). The number of hydrogen-bond acceptors (Lipinski definition) is 1. The Balaban J connectivity index is 0. The van der Waals surface area contributed by atoms with Crippen molar-refractivity contribution in [2.75, 3.05) is 13.8 Å². The van der Waals surface area contributed by atoms with E-state index in [1.54, 1.807) is 7.11 Å². The second kappa shape index (κ2) is 15.7. The van der Waals surface area contributed by atoms with Crippen LogP contribution in [0, 0.1) is 0 Å². The van der Waals surface area contributed by atoms with Crippen LogP contribution in [0.2, 0.25) is 0 Å². The average molecular weight is 136 g/mol. The lowest BCUT2D eigenvalue weighted by Crippen LogP contribution is -1.49. The molecule has 8 heavy (non-hydrogen) atoms. The first-order chi connectivity index (χ1) is 3.83. The minimum Gasteiger partial charge on any atom is -0.366 e. The van der Waals surface area contributed by atoms with Crippen molar-refractivity contribution in [1.82, 2.24) is 0 Å². The van der Waals surface area contributed by atoms with E-state index in [9.17, 15) is 0 Å². The molecule has 0 saturated heterocycles. The van der Waals surface area contributed by atoms with Crippen LogP contribution in [0.4, 0.5) is 0 Å². The van der Waals surface area contributed by atoms with E-state index in [-0.39, 0.29) is 0 Å².